The molecule has 2 amide bonds. The van der Waals surface area contributed by atoms with Crippen molar-refractivity contribution in [3.8, 4) is 5.69 Å². The summed E-state index contributed by atoms with van der Waals surface area (Å²) in [6.45, 7) is 7.81. The first-order chi connectivity index (χ1) is 17.2. The number of aromatic nitrogens is 3. The number of carbonyl (C=O) groups is 2. The topological polar surface area (TPSA) is 121 Å². The summed E-state index contributed by atoms with van der Waals surface area (Å²) in [5.41, 5.74) is 7.49. The number of aromatic amines is 1. The number of benzene rings is 1. The third kappa shape index (κ3) is 5.33. The zero-order valence-electron chi connectivity index (χ0n) is 20.4. The van der Waals surface area contributed by atoms with E-state index in [1.165, 1.54) is 4.68 Å². The quantitative estimate of drug-likeness (QED) is 0.264. The largest absolute Gasteiger partial charge is 0.347 e. The summed E-state index contributed by atoms with van der Waals surface area (Å²) in [5.74, 6) is -0.736. The van der Waals surface area contributed by atoms with E-state index < -0.39 is 5.91 Å². The number of pyridine rings is 1. The fourth-order valence-corrected chi connectivity index (χ4v) is 4.43. The first-order valence-corrected chi connectivity index (χ1v) is 12.1. The Bertz CT molecular complexity index is 1510. The number of amides is 2. The summed E-state index contributed by atoms with van der Waals surface area (Å²) in [4.78, 5) is 42.8. The van der Waals surface area contributed by atoms with Crippen LogP contribution in [0.5, 0.6) is 0 Å². The zero-order valence-corrected chi connectivity index (χ0v) is 21.2. The lowest BCUT2D eigenvalue weighted by atomic mass is 10.1. The van der Waals surface area contributed by atoms with Crippen molar-refractivity contribution in [1.29, 1.82) is 0 Å². The second-order valence-corrected chi connectivity index (χ2v) is 9.44. The maximum atomic E-state index is 13.1. The molecule has 36 heavy (non-hydrogen) atoms. The average molecular weight is 503 g/mol. The van der Waals surface area contributed by atoms with Crippen LogP contribution in [0.1, 0.15) is 54.2 Å². The van der Waals surface area contributed by atoms with E-state index in [-0.39, 0.29) is 11.5 Å². The molecule has 3 aromatic heterocycles. The molecule has 0 unspecified atom stereocenters. The van der Waals surface area contributed by atoms with Crippen molar-refractivity contribution in [2.45, 2.75) is 34.2 Å². The van der Waals surface area contributed by atoms with Crippen molar-refractivity contribution in [3.05, 3.63) is 103 Å². The summed E-state index contributed by atoms with van der Waals surface area (Å²) in [5, 5.41) is 10.0. The number of rotatable bonds is 7. The average Bonchev–Trinajstić information content (AvgIpc) is 3.48. The molecular formula is C26H26N6O3S. The molecular weight excluding hydrogens is 476 g/mol. The van der Waals surface area contributed by atoms with Crippen molar-refractivity contribution in [2.75, 3.05) is 0 Å². The molecule has 3 heterocycles. The van der Waals surface area contributed by atoms with Crippen LogP contribution in [-0.4, -0.2) is 32.3 Å². The number of nitrogens with zero attached hydrogens (tertiary/aromatic N) is 3. The molecule has 0 saturated heterocycles. The molecule has 0 saturated carbocycles. The maximum Gasteiger partial charge on any atom is 0.281 e. The maximum absolute atomic E-state index is 13.1. The Balaban J connectivity index is 1.44. The van der Waals surface area contributed by atoms with Crippen LogP contribution in [0.4, 0.5) is 0 Å². The van der Waals surface area contributed by atoms with E-state index in [1.807, 2.05) is 44.2 Å². The van der Waals surface area contributed by atoms with Crippen molar-refractivity contribution in [2.24, 2.45) is 5.10 Å². The first kappa shape index (κ1) is 24.8. The Labute approximate surface area is 211 Å². The third-order valence-electron chi connectivity index (χ3n) is 5.76. The Hall–Kier alpha value is -4.31. The highest BCUT2D eigenvalue weighted by molar-refractivity contribution is 7.15. The molecule has 0 aliphatic rings. The molecule has 0 aliphatic carbocycles. The molecule has 0 spiro atoms. The summed E-state index contributed by atoms with van der Waals surface area (Å²) < 4.78 is 1.47. The minimum atomic E-state index is -0.463. The van der Waals surface area contributed by atoms with Crippen molar-refractivity contribution in [1.82, 2.24) is 25.5 Å². The molecule has 10 heteroatoms. The highest BCUT2D eigenvalue weighted by Crippen LogP contribution is 2.17. The summed E-state index contributed by atoms with van der Waals surface area (Å²) in [6.07, 6.45) is 3.32. The van der Waals surface area contributed by atoms with E-state index in [1.54, 1.807) is 38.4 Å². The second kappa shape index (κ2) is 10.5. The van der Waals surface area contributed by atoms with E-state index in [4.69, 9.17) is 0 Å². The Morgan fingerprint density at radius 2 is 1.69 bits per heavy atom. The normalized spacial score (nSPS) is 11.4. The number of thiophene rings is 1. The lowest BCUT2D eigenvalue weighted by molar-refractivity contribution is 0.0950. The number of aryl methyl sites for hydroxylation is 3. The Morgan fingerprint density at radius 3 is 2.39 bits per heavy atom. The highest BCUT2D eigenvalue weighted by atomic mass is 32.1. The van der Waals surface area contributed by atoms with Crippen LogP contribution < -0.4 is 16.3 Å². The van der Waals surface area contributed by atoms with Crippen LogP contribution in [0.15, 0.2) is 64.8 Å². The highest BCUT2D eigenvalue weighted by Gasteiger charge is 2.17. The van der Waals surface area contributed by atoms with E-state index >= 15 is 0 Å². The third-order valence-corrected chi connectivity index (χ3v) is 6.85. The second-order valence-electron chi connectivity index (χ2n) is 8.36. The predicted molar refractivity (Wildman–Crippen MR) is 140 cm³/mol. The molecule has 0 bridgehead atoms. The van der Waals surface area contributed by atoms with Crippen molar-refractivity contribution >= 4 is 28.9 Å². The van der Waals surface area contributed by atoms with Crippen LogP contribution >= 0.6 is 11.3 Å². The minimum absolute atomic E-state index is 0.254. The van der Waals surface area contributed by atoms with E-state index in [0.29, 0.717) is 33.3 Å². The van der Waals surface area contributed by atoms with Crippen LogP contribution in [0.25, 0.3) is 5.69 Å². The SMILES string of the molecule is CC(=NNC(=O)c1ccc(C(=O)NCc2ccncc2)s1)c1c(C)[nH]n(-c2ccc(C)c(C)c2)c1=O. The molecule has 0 radical (unpaired) electrons. The molecule has 0 atom stereocenters. The van der Waals surface area contributed by atoms with Gasteiger partial charge < -0.3 is 5.32 Å². The number of hydrazone groups is 1. The lowest BCUT2D eigenvalue weighted by Crippen LogP contribution is -2.23. The molecule has 0 fully saturated rings. The van der Waals surface area contributed by atoms with Gasteiger partial charge in [-0.2, -0.15) is 5.10 Å². The lowest BCUT2D eigenvalue weighted by Gasteiger charge is -2.05. The summed E-state index contributed by atoms with van der Waals surface area (Å²) in [7, 11) is 0. The number of H-pyrrole nitrogens is 1. The van der Waals surface area contributed by atoms with Gasteiger partial charge in [0.05, 0.1) is 26.7 Å². The van der Waals surface area contributed by atoms with Gasteiger partial charge in [0.1, 0.15) is 0 Å². The fourth-order valence-electron chi connectivity index (χ4n) is 3.62. The molecule has 4 aromatic rings. The van der Waals surface area contributed by atoms with Gasteiger partial charge in [0.2, 0.25) is 0 Å². The monoisotopic (exact) mass is 502 g/mol. The van der Waals surface area contributed by atoms with E-state index in [2.05, 4.69) is 25.9 Å². The number of nitrogens with one attached hydrogen (secondary N) is 3. The Morgan fingerprint density at radius 1 is 1.00 bits per heavy atom. The van der Waals surface area contributed by atoms with Gasteiger partial charge in [0, 0.05) is 24.6 Å². The predicted octanol–water partition coefficient (Wildman–Crippen LogP) is 3.63. The van der Waals surface area contributed by atoms with Crippen LogP contribution in [0, 0.1) is 20.8 Å². The summed E-state index contributed by atoms with van der Waals surface area (Å²) in [6, 6.07) is 12.6. The number of carbonyl (C=O) groups excluding carboxylic acids is 2. The van der Waals surface area contributed by atoms with E-state index in [9.17, 15) is 14.4 Å². The molecule has 4 rings (SSSR count). The van der Waals surface area contributed by atoms with Gasteiger partial charge in [-0.05, 0) is 80.8 Å². The molecule has 0 aliphatic heterocycles. The first-order valence-electron chi connectivity index (χ1n) is 11.3. The Kier molecular flexibility index (Phi) is 7.25. The van der Waals surface area contributed by atoms with Gasteiger partial charge in [0.25, 0.3) is 17.4 Å². The van der Waals surface area contributed by atoms with Gasteiger partial charge >= 0.3 is 0 Å². The van der Waals surface area contributed by atoms with Gasteiger partial charge in [-0.3, -0.25) is 24.5 Å². The van der Waals surface area contributed by atoms with E-state index in [0.717, 1.165) is 33.7 Å². The minimum Gasteiger partial charge on any atom is -0.347 e. The van der Waals surface area contributed by atoms with Crippen LogP contribution in [0.3, 0.4) is 0 Å². The molecule has 1 aromatic carbocycles. The van der Waals surface area contributed by atoms with Gasteiger partial charge in [-0.1, -0.05) is 6.07 Å². The smallest absolute Gasteiger partial charge is 0.281 e. The number of hydrogen-bond acceptors (Lipinski definition) is 6. The van der Waals surface area contributed by atoms with Crippen molar-refractivity contribution < 1.29 is 9.59 Å². The van der Waals surface area contributed by atoms with Crippen molar-refractivity contribution in [3.63, 3.8) is 0 Å². The van der Waals surface area contributed by atoms with Gasteiger partial charge in [-0.15, -0.1) is 11.3 Å². The zero-order chi connectivity index (χ0) is 25.8. The van der Waals surface area contributed by atoms with Crippen LogP contribution in [-0.2, 0) is 6.54 Å². The molecule has 9 nitrogen and oxygen atoms in total. The van der Waals surface area contributed by atoms with Gasteiger partial charge in [0.15, 0.2) is 0 Å². The molecule has 184 valence electrons. The molecule has 3 N–H and O–H groups in total. The standard InChI is InChI=1S/C26H26N6O3S/c1-15-5-6-20(13-16(15)2)32-26(35)23(18(4)31-32)17(3)29-30-25(34)22-8-7-21(36-22)24(33)28-14-19-9-11-27-12-10-19/h5-13,31H,14H2,1-4H3,(H,28,33)(H,30,34). The number of hydrogen-bond donors (Lipinski definition) is 3. The van der Waals surface area contributed by atoms with Crippen LogP contribution in [0.2, 0.25) is 0 Å². The fraction of sp³-hybridized carbons (Fsp3) is 0.192. The van der Waals surface area contributed by atoms with Gasteiger partial charge in [-0.25, -0.2) is 10.1 Å². The summed E-state index contributed by atoms with van der Waals surface area (Å²) >= 11 is 1.06.